The van der Waals surface area contributed by atoms with E-state index in [2.05, 4.69) is 11.0 Å². The van der Waals surface area contributed by atoms with Gasteiger partial charge in [-0.1, -0.05) is 23.7 Å². The summed E-state index contributed by atoms with van der Waals surface area (Å²) in [6, 6.07) is 12.5. The molecule has 1 aliphatic rings. The number of hydrogen-bond donors (Lipinski definition) is 0. The molecular weight excluding hydrogens is 371 g/mol. The molecule has 0 spiro atoms. The van der Waals surface area contributed by atoms with Gasteiger partial charge in [0.25, 0.3) is 5.91 Å². The Kier molecular flexibility index (Phi) is 4.59. The zero-order valence-corrected chi connectivity index (χ0v) is 15.9. The molecule has 6 heteroatoms. The van der Waals surface area contributed by atoms with Crippen LogP contribution in [0.5, 0.6) is 0 Å². The van der Waals surface area contributed by atoms with E-state index in [-0.39, 0.29) is 11.7 Å². The van der Waals surface area contributed by atoms with E-state index < -0.39 is 0 Å². The molecule has 0 saturated carbocycles. The Balaban J connectivity index is 1.50. The lowest BCUT2D eigenvalue weighted by atomic mass is 10.2. The summed E-state index contributed by atoms with van der Waals surface area (Å²) < 4.78 is 14.1. The molecule has 0 atom stereocenters. The van der Waals surface area contributed by atoms with Crippen LogP contribution in [0.1, 0.15) is 15.2 Å². The minimum absolute atomic E-state index is 0.00684. The first-order chi connectivity index (χ1) is 12.5. The van der Waals surface area contributed by atoms with Gasteiger partial charge >= 0.3 is 0 Å². The number of piperazine rings is 1. The van der Waals surface area contributed by atoms with Crippen molar-refractivity contribution in [2.45, 2.75) is 6.92 Å². The average Bonchev–Trinajstić information content (AvgIpc) is 2.98. The average molecular weight is 389 g/mol. The van der Waals surface area contributed by atoms with E-state index >= 15 is 0 Å². The van der Waals surface area contributed by atoms with Crippen LogP contribution in [0, 0.1) is 12.7 Å². The number of carbonyl (C=O) groups excluding carboxylic acids is 1. The van der Waals surface area contributed by atoms with Crippen LogP contribution in [0.3, 0.4) is 0 Å². The van der Waals surface area contributed by atoms with Crippen LogP contribution >= 0.6 is 22.9 Å². The monoisotopic (exact) mass is 388 g/mol. The van der Waals surface area contributed by atoms with Gasteiger partial charge in [-0.2, -0.15) is 0 Å². The molecular formula is C20H18ClFN2OS. The van der Waals surface area contributed by atoms with E-state index in [4.69, 9.17) is 11.6 Å². The van der Waals surface area contributed by atoms with Gasteiger partial charge in [-0.05, 0) is 42.8 Å². The standard InChI is InChI=1S/C20H18ClFN2OS/c1-13-2-7-16-17(12-13)26-19(18(16)21)20(25)24-10-8-23(9-11-24)15-5-3-14(22)4-6-15/h2-7,12H,8-11H2,1H3. The lowest BCUT2D eigenvalue weighted by Crippen LogP contribution is -2.48. The number of amides is 1. The van der Waals surface area contributed by atoms with Crippen molar-refractivity contribution in [3.8, 4) is 0 Å². The molecule has 0 N–H and O–H groups in total. The van der Waals surface area contributed by atoms with Crippen molar-refractivity contribution in [2.75, 3.05) is 31.1 Å². The molecule has 1 saturated heterocycles. The number of rotatable bonds is 2. The number of anilines is 1. The van der Waals surface area contributed by atoms with Gasteiger partial charge in [-0.15, -0.1) is 11.3 Å². The first kappa shape index (κ1) is 17.3. The largest absolute Gasteiger partial charge is 0.368 e. The molecule has 1 aromatic heterocycles. The molecule has 0 radical (unpaired) electrons. The SMILES string of the molecule is Cc1ccc2c(Cl)c(C(=O)N3CCN(c4ccc(F)cc4)CC3)sc2c1. The number of carbonyl (C=O) groups is 1. The summed E-state index contributed by atoms with van der Waals surface area (Å²) in [4.78, 5) is 17.6. The van der Waals surface area contributed by atoms with E-state index in [0.717, 1.165) is 34.4 Å². The quantitative estimate of drug-likeness (QED) is 0.619. The summed E-state index contributed by atoms with van der Waals surface area (Å²) in [6.07, 6.45) is 0. The van der Waals surface area contributed by atoms with E-state index in [9.17, 15) is 9.18 Å². The minimum atomic E-state index is -0.239. The van der Waals surface area contributed by atoms with Gasteiger partial charge < -0.3 is 9.80 Å². The second-order valence-electron chi connectivity index (χ2n) is 6.50. The third-order valence-corrected chi connectivity index (χ3v) is 6.38. The normalized spacial score (nSPS) is 14.9. The van der Waals surface area contributed by atoms with E-state index in [1.54, 1.807) is 12.1 Å². The molecule has 1 fully saturated rings. The van der Waals surface area contributed by atoms with Gasteiger partial charge in [0.15, 0.2) is 0 Å². The maximum absolute atomic E-state index is 13.1. The van der Waals surface area contributed by atoms with Crippen LogP contribution in [0.4, 0.5) is 10.1 Å². The third kappa shape index (κ3) is 3.17. The molecule has 134 valence electrons. The lowest BCUT2D eigenvalue weighted by molar-refractivity contribution is 0.0752. The maximum atomic E-state index is 13.1. The zero-order chi connectivity index (χ0) is 18.3. The molecule has 1 amide bonds. The van der Waals surface area contributed by atoms with Gasteiger partial charge in [0, 0.05) is 42.0 Å². The summed E-state index contributed by atoms with van der Waals surface area (Å²) in [5, 5.41) is 1.49. The van der Waals surface area contributed by atoms with Gasteiger partial charge in [0.1, 0.15) is 10.7 Å². The first-order valence-corrected chi connectivity index (χ1v) is 9.71. The molecule has 3 aromatic rings. The van der Waals surface area contributed by atoms with Gasteiger partial charge in [-0.25, -0.2) is 4.39 Å². The molecule has 2 aromatic carbocycles. The molecule has 3 nitrogen and oxygen atoms in total. The summed E-state index contributed by atoms with van der Waals surface area (Å²) in [5.74, 6) is -0.246. The summed E-state index contributed by atoms with van der Waals surface area (Å²) in [5.41, 5.74) is 2.14. The second kappa shape index (κ2) is 6.89. The highest BCUT2D eigenvalue weighted by molar-refractivity contribution is 7.21. The molecule has 0 aliphatic carbocycles. The van der Waals surface area contributed by atoms with Crippen LogP contribution in [-0.4, -0.2) is 37.0 Å². The van der Waals surface area contributed by atoms with Crippen LogP contribution in [0.25, 0.3) is 10.1 Å². The minimum Gasteiger partial charge on any atom is -0.368 e. The highest BCUT2D eigenvalue weighted by Gasteiger charge is 2.26. The molecule has 26 heavy (non-hydrogen) atoms. The number of nitrogens with zero attached hydrogens (tertiary/aromatic N) is 2. The molecule has 0 bridgehead atoms. The molecule has 4 rings (SSSR count). The second-order valence-corrected chi connectivity index (χ2v) is 7.93. The Morgan fingerprint density at radius 3 is 2.46 bits per heavy atom. The smallest absolute Gasteiger partial charge is 0.265 e. The van der Waals surface area contributed by atoms with Crippen molar-refractivity contribution in [3.05, 3.63) is 63.7 Å². The highest BCUT2D eigenvalue weighted by Crippen LogP contribution is 2.36. The lowest BCUT2D eigenvalue weighted by Gasteiger charge is -2.36. The first-order valence-electron chi connectivity index (χ1n) is 8.51. The number of halogens is 2. The predicted octanol–water partition coefficient (Wildman–Crippen LogP) is 4.96. The maximum Gasteiger partial charge on any atom is 0.265 e. The van der Waals surface area contributed by atoms with Crippen LogP contribution in [-0.2, 0) is 0 Å². The Bertz CT molecular complexity index is 962. The topological polar surface area (TPSA) is 23.6 Å². The summed E-state index contributed by atoms with van der Waals surface area (Å²) in [7, 11) is 0. The van der Waals surface area contributed by atoms with Crippen molar-refractivity contribution in [1.29, 1.82) is 0 Å². The van der Waals surface area contributed by atoms with Crippen molar-refractivity contribution in [3.63, 3.8) is 0 Å². The van der Waals surface area contributed by atoms with E-state index in [0.29, 0.717) is 23.0 Å². The van der Waals surface area contributed by atoms with Crippen molar-refractivity contribution < 1.29 is 9.18 Å². The van der Waals surface area contributed by atoms with E-state index in [1.807, 2.05) is 24.0 Å². The predicted molar refractivity (Wildman–Crippen MR) is 106 cm³/mol. The van der Waals surface area contributed by atoms with Crippen LogP contribution < -0.4 is 4.90 Å². The molecule has 1 aliphatic heterocycles. The zero-order valence-electron chi connectivity index (χ0n) is 14.3. The van der Waals surface area contributed by atoms with Crippen molar-refractivity contribution in [1.82, 2.24) is 4.90 Å². The van der Waals surface area contributed by atoms with Gasteiger partial charge in [-0.3, -0.25) is 4.79 Å². The Labute approximate surface area is 160 Å². The van der Waals surface area contributed by atoms with Crippen LogP contribution in [0.2, 0.25) is 5.02 Å². The number of benzene rings is 2. The van der Waals surface area contributed by atoms with Gasteiger partial charge in [0.05, 0.1) is 5.02 Å². The fourth-order valence-electron chi connectivity index (χ4n) is 3.27. The van der Waals surface area contributed by atoms with Crippen LogP contribution in [0.15, 0.2) is 42.5 Å². The fourth-order valence-corrected chi connectivity index (χ4v) is 4.85. The summed E-state index contributed by atoms with van der Waals surface area (Å²) in [6.45, 7) is 4.72. The number of fused-ring (bicyclic) bond motifs is 1. The number of aryl methyl sites for hydroxylation is 1. The van der Waals surface area contributed by atoms with Crippen molar-refractivity contribution >= 4 is 44.6 Å². The highest BCUT2D eigenvalue weighted by atomic mass is 35.5. The molecule has 2 heterocycles. The fraction of sp³-hybridized carbons (Fsp3) is 0.250. The van der Waals surface area contributed by atoms with E-state index in [1.165, 1.54) is 23.5 Å². The number of thiophene rings is 1. The third-order valence-electron chi connectivity index (χ3n) is 4.74. The Hall–Kier alpha value is -2.11. The Morgan fingerprint density at radius 2 is 1.77 bits per heavy atom. The summed E-state index contributed by atoms with van der Waals surface area (Å²) >= 11 is 7.94. The molecule has 0 unspecified atom stereocenters. The Morgan fingerprint density at radius 1 is 1.08 bits per heavy atom. The van der Waals surface area contributed by atoms with Crippen molar-refractivity contribution in [2.24, 2.45) is 0 Å². The van der Waals surface area contributed by atoms with Gasteiger partial charge in [0.2, 0.25) is 0 Å². The number of hydrogen-bond acceptors (Lipinski definition) is 3.